The highest BCUT2D eigenvalue weighted by molar-refractivity contribution is 5.61. The molecule has 112 valence electrons. The van der Waals surface area contributed by atoms with E-state index in [1.54, 1.807) is 0 Å². The molecule has 0 aromatic carbocycles. The highest BCUT2D eigenvalue weighted by atomic mass is 19.4. The van der Waals surface area contributed by atoms with E-state index < -0.39 is 24.1 Å². The van der Waals surface area contributed by atoms with Gasteiger partial charge in [-0.2, -0.15) is 13.2 Å². The summed E-state index contributed by atoms with van der Waals surface area (Å²) in [4.78, 5) is 9.98. The van der Waals surface area contributed by atoms with Crippen LogP contribution in [0.5, 0.6) is 0 Å². The van der Waals surface area contributed by atoms with Crippen molar-refractivity contribution < 1.29 is 22.0 Å². The summed E-state index contributed by atoms with van der Waals surface area (Å²) in [5, 5.41) is 0. The zero-order valence-electron chi connectivity index (χ0n) is 10.4. The number of rotatable bonds is 3. The van der Waals surface area contributed by atoms with E-state index >= 15 is 0 Å². The van der Waals surface area contributed by atoms with Crippen LogP contribution in [0.25, 0.3) is 11.1 Å². The molecule has 9 heteroatoms. The summed E-state index contributed by atoms with van der Waals surface area (Å²) in [7, 11) is 0. The number of alkyl halides is 5. The minimum atomic E-state index is -4.64. The van der Waals surface area contributed by atoms with Gasteiger partial charge in [0.25, 0.3) is 6.43 Å². The summed E-state index contributed by atoms with van der Waals surface area (Å²) < 4.78 is 62.4. The van der Waals surface area contributed by atoms with Crippen molar-refractivity contribution in [1.82, 2.24) is 15.0 Å². The van der Waals surface area contributed by atoms with Gasteiger partial charge in [0, 0.05) is 36.3 Å². The van der Waals surface area contributed by atoms with Crippen LogP contribution in [0, 0.1) is 0 Å². The first kappa shape index (κ1) is 15.2. The molecular formula is C12H9F5N4. The lowest BCUT2D eigenvalue weighted by Crippen LogP contribution is -2.10. The molecule has 0 saturated carbocycles. The van der Waals surface area contributed by atoms with Crippen molar-refractivity contribution in [3.05, 3.63) is 41.7 Å². The highest BCUT2D eigenvalue weighted by Crippen LogP contribution is 2.28. The Hall–Kier alpha value is -2.16. The number of pyridine rings is 1. The van der Waals surface area contributed by atoms with Gasteiger partial charge in [0.1, 0.15) is 5.69 Å². The van der Waals surface area contributed by atoms with Gasteiger partial charge >= 0.3 is 6.18 Å². The van der Waals surface area contributed by atoms with E-state index in [4.69, 9.17) is 5.73 Å². The predicted molar refractivity (Wildman–Crippen MR) is 63.1 cm³/mol. The molecule has 21 heavy (non-hydrogen) atoms. The summed E-state index contributed by atoms with van der Waals surface area (Å²) in [6, 6.07) is 1.33. The molecule has 2 rings (SSSR count). The Kier molecular flexibility index (Phi) is 4.12. The largest absolute Gasteiger partial charge is 0.451 e. The second-order valence-electron chi connectivity index (χ2n) is 4.07. The minimum Gasteiger partial charge on any atom is -0.326 e. The van der Waals surface area contributed by atoms with Crippen LogP contribution >= 0.6 is 0 Å². The molecule has 0 aliphatic heterocycles. The van der Waals surface area contributed by atoms with Crippen molar-refractivity contribution in [2.45, 2.75) is 19.1 Å². The Morgan fingerprint density at radius 1 is 1.00 bits per heavy atom. The summed E-state index contributed by atoms with van der Waals surface area (Å²) in [6.45, 7) is -0.165. The molecule has 0 aliphatic carbocycles. The first-order valence-corrected chi connectivity index (χ1v) is 5.69. The second-order valence-corrected chi connectivity index (χ2v) is 4.07. The monoisotopic (exact) mass is 304 g/mol. The number of halogens is 5. The van der Waals surface area contributed by atoms with E-state index in [0.29, 0.717) is 5.56 Å². The van der Waals surface area contributed by atoms with Crippen LogP contribution in [0.4, 0.5) is 22.0 Å². The summed E-state index contributed by atoms with van der Waals surface area (Å²) in [5.74, 6) is -1.28. The van der Waals surface area contributed by atoms with Crippen molar-refractivity contribution in [2.75, 3.05) is 0 Å². The van der Waals surface area contributed by atoms with Crippen LogP contribution in [-0.2, 0) is 12.7 Å². The molecule has 0 unspecified atom stereocenters. The molecule has 0 bridgehead atoms. The summed E-state index contributed by atoms with van der Waals surface area (Å²) in [6.07, 6.45) is -4.39. The Labute approximate surface area is 115 Å². The Morgan fingerprint density at radius 3 is 2.05 bits per heavy atom. The maximum absolute atomic E-state index is 12.7. The highest BCUT2D eigenvalue weighted by Gasteiger charge is 2.34. The van der Waals surface area contributed by atoms with Gasteiger partial charge in [0.05, 0.1) is 0 Å². The normalized spacial score (nSPS) is 12.0. The number of aromatic nitrogens is 3. The average Bonchev–Trinajstić information content (AvgIpc) is 2.45. The number of hydrogen-bond donors (Lipinski definition) is 1. The fourth-order valence-corrected chi connectivity index (χ4v) is 1.66. The van der Waals surface area contributed by atoms with Crippen LogP contribution in [0.2, 0.25) is 0 Å². The molecule has 0 radical (unpaired) electrons. The first-order chi connectivity index (χ1) is 9.82. The van der Waals surface area contributed by atoms with Crippen molar-refractivity contribution in [3.63, 3.8) is 0 Å². The fraction of sp³-hybridized carbons (Fsp3) is 0.250. The second kappa shape index (κ2) is 5.68. The third-order valence-corrected chi connectivity index (χ3v) is 2.67. The zero-order chi connectivity index (χ0) is 15.6. The SMILES string of the molecule is NCc1cc(-c2cnc(C(F)(F)F)nc2)cnc1C(F)F. The van der Waals surface area contributed by atoms with Crippen molar-refractivity contribution >= 4 is 0 Å². The third-order valence-electron chi connectivity index (χ3n) is 2.67. The first-order valence-electron chi connectivity index (χ1n) is 5.69. The van der Waals surface area contributed by atoms with E-state index in [1.165, 1.54) is 6.07 Å². The van der Waals surface area contributed by atoms with Gasteiger partial charge in [0.15, 0.2) is 0 Å². The lowest BCUT2D eigenvalue weighted by Gasteiger charge is -2.09. The number of hydrogen-bond acceptors (Lipinski definition) is 4. The van der Waals surface area contributed by atoms with E-state index in [2.05, 4.69) is 15.0 Å². The molecule has 4 nitrogen and oxygen atoms in total. The zero-order valence-corrected chi connectivity index (χ0v) is 10.4. The lowest BCUT2D eigenvalue weighted by atomic mass is 10.1. The Bertz CT molecular complexity index is 625. The molecule has 0 amide bonds. The van der Waals surface area contributed by atoms with Gasteiger partial charge in [-0.05, 0) is 11.6 Å². The maximum Gasteiger partial charge on any atom is 0.451 e. The van der Waals surface area contributed by atoms with Gasteiger partial charge in [-0.1, -0.05) is 0 Å². The molecule has 2 N–H and O–H groups in total. The van der Waals surface area contributed by atoms with Crippen molar-refractivity contribution in [3.8, 4) is 11.1 Å². The number of nitrogens with zero attached hydrogens (tertiary/aromatic N) is 3. The Balaban J connectivity index is 2.38. The topological polar surface area (TPSA) is 64.7 Å². The van der Waals surface area contributed by atoms with Crippen LogP contribution < -0.4 is 5.73 Å². The molecule has 2 heterocycles. The molecule has 0 aliphatic rings. The van der Waals surface area contributed by atoms with Gasteiger partial charge in [-0.25, -0.2) is 18.7 Å². The van der Waals surface area contributed by atoms with Gasteiger partial charge in [-0.3, -0.25) is 4.98 Å². The predicted octanol–water partition coefficient (Wildman–Crippen LogP) is 2.95. The van der Waals surface area contributed by atoms with Crippen LogP contribution in [0.3, 0.4) is 0 Å². The van der Waals surface area contributed by atoms with Crippen LogP contribution in [0.15, 0.2) is 24.7 Å². The van der Waals surface area contributed by atoms with E-state index in [0.717, 1.165) is 18.6 Å². The summed E-state index contributed by atoms with van der Waals surface area (Å²) >= 11 is 0. The molecule has 0 atom stereocenters. The molecule has 2 aromatic heterocycles. The van der Waals surface area contributed by atoms with E-state index in [9.17, 15) is 22.0 Å². The van der Waals surface area contributed by atoms with E-state index in [-0.39, 0.29) is 17.7 Å². The number of nitrogens with two attached hydrogens (primary N) is 1. The molecule has 0 saturated heterocycles. The van der Waals surface area contributed by atoms with Gasteiger partial charge in [-0.15, -0.1) is 0 Å². The smallest absolute Gasteiger partial charge is 0.326 e. The van der Waals surface area contributed by atoms with Crippen LogP contribution in [0.1, 0.15) is 23.5 Å². The quantitative estimate of drug-likeness (QED) is 0.885. The Morgan fingerprint density at radius 2 is 1.57 bits per heavy atom. The fourth-order valence-electron chi connectivity index (χ4n) is 1.66. The molecule has 0 fully saturated rings. The van der Waals surface area contributed by atoms with Crippen molar-refractivity contribution in [2.24, 2.45) is 5.73 Å². The molecular weight excluding hydrogens is 295 g/mol. The molecule has 2 aromatic rings. The van der Waals surface area contributed by atoms with Gasteiger partial charge < -0.3 is 5.73 Å². The van der Waals surface area contributed by atoms with Gasteiger partial charge in [0.2, 0.25) is 5.82 Å². The minimum absolute atomic E-state index is 0.113. The lowest BCUT2D eigenvalue weighted by molar-refractivity contribution is -0.144. The third kappa shape index (κ3) is 3.30. The van der Waals surface area contributed by atoms with Crippen LogP contribution in [-0.4, -0.2) is 15.0 Å². The average molecular weight is 304 g/mol. The summed E-state index contributed by atoms with van der Waals surface area (Å²) in [5.41, 5.74) is 5.57. The van der Waals surface area contributed by atoms with Crippen molar-refractivity contribution in [1.29, 1.82) is 0 Å². The molecule has 0 spiro atoms. The standard InChI is InChI=1S/C12H9F5N4/c13-10(14)9-6(2-18)1-7(3-19-9)8-4-20-11(21-5-8)12(15,16)17/h1,3-5,10H,2,18H2. The maximum atomic E-state index is 12.7. The van der Waals surface area contributed by atoms with E-state index in [1.807, 2.05) is 0 Å².